The van der Waals surface area contributed by atoms with E-state index < -0.39 is 0 Å². The van der Waals surface area contributed by atoms with Gasteiger partial charge in [0.15, 0.2) is 0 Å². The highest BCUT2D eigenvalue weighted by molar-refractivity contribution is 5.57. The molecule has 128 valence electrons. The van der Waals surface area contributed by atoms with Crippen LogP contribution in [0.5, 0.6) is 0 Å². The molecule has 0 atom stereocenters. The zero-order chi connectivity index (χ0) is 16.4. The highest BCUT2D eigenvalue weighted by Crippen LogP contribution is 2.29. The summed E-state index contributed by atoms with van der Waals surface area (Å²) in [6.07, 6.45) is 5.28. The van der Waals surface area contributed by atoms with Crippen LogP contribution in [0.1, 0.15) is 30.4 Å². The zero-order valence-electron chi connectivity index (χ0n) is 14.0. The molecule has 0 amide bonds. The standard InChI is InChI=1S/C18H23N3O3/c1-22-18(7-9-23-10-8-18)12-19-17-21-20-16(24-17)15-6-5-13-3-2-4-14(13)11-15/h5-6,11H,2-4,7-10,12H2,1H3,(H,19,21). The summed E-state index contributed by atoms with van der Waals surface area (Å²) in [6.45, 7) is 2.08. The van der Waals surface area contributed by atoms with Crippen LogP contribution < -0.4 is 5.32 Å². The number of aryl methyl sites for hydroxylation is 2. The number of hydrogen-bond donors (Lipinski definition) is 1. The third kappa shape index (κ3) is 3.03. The molecule has 1 saturated heterocycles. The van der Waals surface area contributed by atoms with Crippen molar-refractivity contribution in [2.45, 2.75) is 37.7 Å². The normalized spacial score (nSPS) is 19.2. The zero-order valence-corrected chi connectivity index (χ0v) is 14.0. The molecular formula is C18H23N3O3. The van der Waals surface area contributed by atoms with E-state index in [-0.39, 0.29) is 5.60 Å². The van der Waals surface area contributed by atoms with Gasteiger partial charge >= 0.3 is 6.01 Å². The quantitative estimate of drug-likeness (QED) is 0.910. The molecule has 2 aliphatic rings. The van der Waals surface area contributed by atoms with Crippen molar-refractivity contribution in [1.82, 2.24) is 10.2 Å². The molecule has 0 bridgehead atoms. The van der Waals surface area contributed by atoms with Gasteiger partial charge in [0.1, 0.15) is 0 Å². The van der Waals surface area contributed by atoms with E-state index in [1.165, 1.54) is 24.0 Å². The van der Waals surface area contributed by atoms with Crippen LogP contribution in [0.4, 0.5) is 6.01 Å². The van der Waals surface area contributed by atoms with Crippen molar-refractivity contribution in [3.8, 4) is 11.5 Å². The van der Waals surface area contributed by atoms with E-state index in [9.17, 15) is 0 Å². The second-order valence-electron chi connectivity index (χ2n) is 6.60. The molecule has 6 nitrogen and oxygen atoms in total. The average Bonchev–Trinajstić information content (AvgIpc) is 3.29. The van der Waals surface area contributed by atoms with Gasteiger partial charge in [-0.3, -0.25) is 0 Å². The lowest BCUT2D eigenvalue weighted by molar-refractivity contribution is -0.0809. The fraction of sp³-hybridized carbons (Fsp3) is 0.556. The van der Waals surface area contributed by atoms with Crippen molar-refractivity contribution < 1.29 is 13.9 Å². The minimum atomic E-state index is -0.222. The van der Waals surface area contributed by atoms with E-state index in [1.807, 2.05) is 0 Å². The summed E-state index contributed by atoms with van der Waals surface area (Å²) >= 11 is 0. The molecule has 0 saturated carbocycles. The van der Waals surface area contributed by atoms with Crippen LogP contribution in [0.25, 0.3) is 11.5 Å². The molecule has 0 radical (unpaired) electrons. The van der Waals surface area contributed by atoms with Crippen LogP contribution in [0.3, 0.4) is 0 Å². The Morgan fingerprint density at radius 2 is 2.00 bits per heavy atom. The van der Waals surface area contributed by atoms with Gasteiger partial charge in [-0.25, -0.2) is 0 Å². The number of nitrogens with one attached hydrogen (secondary N) is 1. The van der Waals surface area contributed by atoms with E-state index in [0.29, 0.717) is 18.5 Å². The molecule has 0 unspecified atom stereocenters. The number of methoxy groups -OCH3 is 1. The number of fused-ring (bicyclic) bond motifs is 1. The number of aromatic nitrogens is 2. The summed E-state index contributed by atoms with van der Waals surface area (Å²) in [4.78, 5) is 0. The van der Waals surface area contributed by atoms with E-state index in [2.05, 4.69) is 33.7 Å². The summed E-state index contributed by atoms with van der Waals surface area (Å²) in [5.41, 5.74) is 3.61. The fourth-order valence-electron chi connectivity index (χ4n) is 3.55. The molecule has 2 heterocycles. The van der Waals surface area contributed by atoms with Gasteiger partial charge in [-0.15, -0.1) is 5.10 Å². The SMILES string of the molecule is COC1(CNc2nnc(-c3ccc4c(c3)CCC4)o2)CCOCC1. The second-order valence-corrected chi connectivity index (χ2v) is 6.60. The highest BCUT2D eigenvalue weighted by atomic mass is 16.5. The van der Waals surface area contributed by atoms with Gasteiger partial charge in [-0.1, -0.05) is 11.2 Å². The molecular weight excluding hydrogens is 306 g/mol. The molecule has 4 rings (SSSR count). The third-order valence-corrected chi connectivity index (χ3v) is 5.17. The van der Waals surface area contributed by atoms with Gasteiger partial charge in [0.2, 0.25) is 5.89 Å². The van der Waals surface area contributed by atoms with Crippen LogP contribution in [0, 0.1) is 0 Å². The lowest BCUT2D eigenvalue weighted by Gasteiger charge is -2.35. The largest absolute Gasteiger partial charge is 0.403 e. The number of hydrogen-bond acceptors (Lipinski definition) is 6. The van der Waals surface area contributed by atoms with E-state index in [0.717, 1.165) is 38.0 Å². The number of rotatable bonds is 5. The first-order valence-corrected chi connectivity index (χ1v) is 8.60. The molecule has 1 aromatic carbocycles. The topological polar surface area (TPSA) is 69.4 Å². The van der Waals surface area contributed by atoms with Gasteiger partial charge in [0.05, 0.1) is 5.60 Å². The lowest BCUT2D eigenvalue weighted by Crippen LogP contribution is -2.44. The van der Waals surface area contributed by atoms with Crippen molar-refractivity contribution in [2.75, 3.05) is 32.2 Å². The van der Waals surface area contributed by atoms with Crippen LogP contribution in [-0.2, 0) is 22.3 Å². The van der Waals surface area contributed by atoms with Crippen LogP contribution in [-0.4, -0.2) is 42.7 Å². The van der Waals surface area contributed by atoms with Crippen molar-refractivity contribution >= 4 is 6.01 Å². The smallest absolute Gasteiger partial charge is 0.315 e. The Kier molecular flexibility index (Phi) is 4.24. The molecule has 1 aromatic heterocycles. The van der Waals surface area contributed by atoms with Crippen molar-refractivity contribution in [2.24, 2.45) is 0 Å². The van der Waals surface area contributed by atoms with Gasteiger partial charge in [0.25, 0.3) is 0 Å². The Hall–Kier alpha value is -1.92. The first-order chi connectivity index (χ1) is 11.8. The number of benzene rings is 1. The minimum absolute atomic E-state index is 0.222. The monoisotopic (exact) mass is 329 g/mol. The number of anilines is 1. The Balaban J connectivity index is 1.45. The first-order valence-electron chi connectivity index (χ1n) is 8.60. The maximum atomic E-state index is 5.79. The van der Waals surface area contributed by atoms with Crippen LogP contribution in [0.2, 0.25) is 0 Å². The summed E-state index contributed by atoms with van der Waals surface area (Å²) in [5.74, 6) is 0.561. The molecule has 6 heteroatoms. The average molecular weight is 329 g/mol. The molecule has 1 aliphatic carbocycles. The van der Waals surface area contributed by atoms with Crippen LogP contribution >= 0.6 is 0 Å². The summed E-state index contributed by atoms with van der Waals surface area (Å²) in [5, 5.41) is 11.5. The second kappa shape index (κ2) is 6.53. The van der Waals surface area contributed by atoms with E-state index >= 15 is 0 Å². The Morgan fingerprint density at radius 3 is 2.83 bits per heavy atom. The number of ether oxygens (including phenoxy) is 2. The molecule has 1 aliphatic heterocycles. The maximum absolute atomic E-state index is 5.79. The minimum Gasteiger partial charge on any atom is -0.403 e. The Labute approximate surface area is 141 Å². The summed E-state index contributed by atoms with van der Waals surface area (Å²) in [6, 6.07) is 6.86. The maximum Gasteiger partial charge on any atom is 0.315 e. The van der Waals surface area contributed by atoms with Crippen molar-refractivity contribution in [1.29, 1.82) is 0 Å². The molecule has 2 aromatic rings. The summed E-state index contributed by atoms with van der Waals surface area (Å²) in [7, 11) is 1.75. The van der Waals surface area contributed by atoms with Crippen molar-refractivity contribution in [3.63, 3.8) is 0 Å². The third-order valence-electron chi connectivity index (χ3n) is 5.17. The van der Waals surface area contributed by atoms with E-state index in [4.69, 9.17) is 13.9 Å². The highest BCUT2D eigenvalue weighted by Gasteiger charge is 2.32. The van der Waals surface area contributed by atoms with Gasteiger partial charge in [-0.2, -0.15) is 0 Å². The molecule has 24 heavy (non-hydrogen) atoms. The predicted molar refractivity (Wildman–Crippen MR) is 90.0 cm³/mol. The van der Waals surface area contributed by atoms with Crippen molar-refractivity contribution in [3.05, 3.63) is 29.3 Å². The van der Waals surface area contributed by atoms with E-state index in [1.54, 1.807) is 7.11 Å². The Bertz CT molecular complexity index is 707. The first kappa shape index (κ1) is 15.6. The molecule has 0 spiro atoms. The predicted octanol–water partition coefficient (Wildman–Crippen LogP) is 2.83. The molecule has 1 N–H and O–H groups in total. The van der Waals surface area contributed by atoms with Crippen LogP contribution in [0.15, 0.2) is 22.6 Å². The lowest BCUT2D eigenvalue weighted by atomic mass is 9.94. The summed E-state index contributed by atoms with van der Waals surface area (Å²) < 4.78 is 16.9. The Morgan fingerprint density at radius 1 is 1.17 bits per heavy atom. The fourth-order valence-corrected chi connectivity index (χ4v) is 3.55. The van der Waals surface area contributed by atoms with Gasteiger partial charge in [-0.05, 0) is 42.5 Å². The number of nitrogens with zero attached hydrogens (tertiary/aromatic N) is 2. The van der Waals surface area contributed by atoms with Gasteiger partial charge in [0, 0.05) is 45.3 Å². The van der Waals surface area contributed by atoms with Gasteiger partial charge < -0.3 is 19.2 Å². The molecule has 1 fully saturated rings.